The van der Waals surface area contributed by atoms with Gasteiger partial charge >= 0.3 is 0 Å². The van der Waals surface area contributed by atoms with Crippen molar-refractivity contribution in [1.29, 1.82) is 5.26 Å². The molecular formula is C17H17N3O. The summed E-state index contributed by atoms with van der Waals surface area (Å²) in [6.45, 7) is 5.18. The number of rotatable bonds is 0. The van der Waals surface area contributed by atoms with Crippen molar-refractivity contribution in [2.75, 3.05) is 13.1 Å². The summed E-state index contributed by atoms with van der Waals surface area (Å²) in [4.78, 5) is 18.2. The van der Waals surface area contributed by atoms with E-state index in [-0.39, 0.29) is 5.91 Å². The average molecular weight is 279 g/mol. The first kappa shape index (κ1) is 13.6. The molecule has 1 aliphatic heterocycles. The Labute approximate surface area is 124 Å². The molecule has 0 radical (unpaired) electrons. The van der Waals surface area contributed by atoms with Crippen LogP contribution in [0.1, 0.15) is 29.3 Å². The van der Waals surface area contributed by atoms with Gasteiger partial charge in [-0.15, -0.1) is 0 Å². The molecule has 2 aromatic rings. The van der Waals surface area contributed by atoms with Crippen molar-refractivity contribution in [3.8, 4) is 6.07 Å². The summed E-state index contributed by atoms with van der Waals surface area (Å²) in [5, 5.41) is 10.1. The fraction of sp³-hybridized carbons (Fsp3) is 0.353. The van der Waals surface area contributed by atoms with E-state index in [4.69, 9.17) is 10.2 Å². The van der Waals surface area contributed by atoms with E-state index < -0.39 is 0 Å². The van der Waals surface area contributed by atoms with Gasteiger partial charge in [-0.1, -0.05) is 0 Å². The van der Waals surface area contributed by atoms with E-state index in [1.54, 1.807) is 13.0 Å². The van der Waals surface area contributed by atoms with Crippen LogP contribution < -0.4 is 0 Å². The monoisotopic (exact) mass is 279 g/mol. The molecule has 0 atom stereocenters. The lowest BCUT2D eigenvalue weighted by Gasteiger charge is -2.17. The third-order valence-electron chi connectivity index (χ3n) is 4.28. The van der Waals surface area contributed by atoms with Gasteiger partial charge < -0.3 is 4.90 Å². The van der Waals surface area contributed by atoms with Crippen LogP contribution in [0, 0.1) is 18.3 Å². The maximum Gasteiger partial charge on any atom is 0.219 e. The summed E-state index contributed by atoms with van der Waals surface area (Å²) in [5.74, 6) is 0.122. The van der Waals surface area contributed by atoms with E-state index in [1.807, 2.05) is 17.0 Å². The number of aromatic nitrogens is 1. The fourth-order valence-electron chi connectivity index (χ4n) is 3.05. The van der Waals surface area contributed by atoms with Crippen LogP contribution in [-0.2, 0) is 17.6 Å². The second kappa shape index (κ2) is 5.17. The Kier molecular flexibility index (Phi) is 3.34. The standard InChI is InChI=1S/C17H17N3O/c1-11-14-5-7-20(12(2)21)8-6-17(14)19-16-4-3-13(10-18)9-15(11)16/h3-4,9H,5-8H2,1-2H3. The zero-order valence-electron chi connectivity index (χ0n) is 12.3. The Morgan fingerprint density at radius 1 is 1.33 bits per heavy atom. The topological polar surface area (TPSA) is 57.0 Å². The first-order valence-electron chi connectivity index (χ1n) is 7.18. The Hall–Kier alpha value is -2.41. The first-order valence-corrected chi connectivity index (χ1v) is 7.18. The number of amides is 1. The van der Waals surface area contributed by atoms with E-state index in [0.29, 0.717) is 5.56 Å². The van der Waals surface area contributed by atoms with Crippen LogP contribution in [0.3, 0.4) is 0 Å². The Morgan fingerprint density at radius 2 is 2.10 bits per heavy atom. The molecule has 1 amide bonds. The minimum absolute atomic E-state index is 0.122. The number of fused-ring (bicyclic) bond motifs is 2. The molecule has 1 aromatic heterocycles. The summed E-state index contributed by atoms with van der Waals surface area (Å²) in [6.07, 6.45) is 1.63. The van der Waals surface area contributed by atoms with Crippen LogP contribution in [0.2, 0.25) is 0 Å². The van der Waals surface area contributed by atoms with E-state index >= 15 is 0 Å². The maximum absolute atomic E-state index is 11.6. The molecule has 4 heteroatoms. The lowest BCUT2D eigenvalue weighted by Crippen LogP contribution is -2.31. The number of carbonyl (C=O) groups is 1. The van der Waals surface area contributed by atoms with Gasteiger partial charge in [-0.25, -0.2) is 0 Å². The number of aryl methyl sites for hydroxylation is 1. The van der Waals surface area contributed by atoms with Crippen molar-refractivity contribution < 1.29 is 4.79 Å². The van der Waals surface area contributed by atoms with Crippen molar-refractivity contribution in [2.45, 2.75) is 26.7 Å². The highest BCUT2D eigenvalue weighted by atomic mass is 16.2. The molecule has 0 saturated heterocycles. The zero-order valence-corrected chi connectivity index (χ0v) is 12.3. The van der Waals surface area contributed by atoms with Crippen LogP contribution in [0.4, 0.5) is 0 Å². The maximum atomic E-state index is 11.6. The molecule has 2 heterocycles. The Balaban J connectivity index is 2.12. The number of hydrogen-bond donors (Lipinski definition) is 0. The number of benzene rings is 1. The molecule has 106 valence electrons. The molecule has 3 rings (SSSR count). The van der Waals surface area contributed by atoms with Gasteiger partial charge in [-0.3, -0.25) is 9.78 Å². The van der Waals surface area contributed by atoms with E-state index in [2.05, 4.69) is 13.0 Å². The Morgan fingerprint density at radius 3 is 2.81 bits per heavy atom. The van der Waals surface area contributed by atoms with E-state index in [9.17, 15) is 4.79 Å². The number of carbonyl (C=O) groups excluding carboxylic acids is 1. The molecule has 1 aromatic carbocycles. The summed E-state index contributed by atoms with van der Waals surface area (Å²) in [6, 6.07) is 7.81. The largest absolute Gasteiger partial charge is 0.342 e. The minimum Gasteiger partial charge on any atom is -0.342 e. The van der Waals surface area contributed by atoms with Crippen molar-refractivity contribution in [3.63, 3.8) is 0 Å². The van der Waals surface area contributed by atoms with Crippen LogP contribution in [0.15, 0.2) is 18.2 Å². The number of pyridine rings is 1. The summed E-state index contributed by atoms with van der Waals surface area (Å²) >= 11 is 0. The minimum atomic E-state index is 0.122. The molecule has 0 saturated carbocycles. The normalized spacial score (nSPS) is 14.4. The van der Waals surface area contributed by atoms with Gasteiger partial charge in [0.2, 0.25) is 5.91 Å². The van der Waals surface area contributed by atoms with E-state index in [1.165, 1.54) is 11.1 Å². The van der Waals surface area contributed by atoms with Gasteiger partial charge in [0.15, 0.2) is 0 Å². The van der Waals surface area contributed by atoms with Crippen molar-refractivity contribution in [1.82, 2.24) is 9.88 Å². The summed E-state index contributed by atoms with van der Waals surface area (Å²) < 4.78 is 0. The molecule has 21 heavy (non-hydrogen) atoms. The summed E-state index contributed by atoms with van der Waals surface area (Å²) in [5.41, 5.74) is 5.11. The molecular weight excluding hydrogens is 262 g/mol. The van der Waals surface area contributed by atoms with Crippen molar-refractivity contribution >= 4 is 16.8 Å². The van der Waals surface area contributed by atoms with E-state index in [0.717, 1.165) is 42.5 Å². The van der Waals surface area contributed by atoms with Crippen LogP contribution >= 0.6 is 0 Å². The number of nitrogens with zero attached hydrogens (tertiary/aromatic N) is 3. The first-order chi connectivity index (χ1) is 10.1. The lowest BCUT2D eigenvalue weighted by molar-refractivity contribution is -0.128. The van der Waals surface area contributed by atoms with Gasteiger partial charge in [-0.05, 0) is 42.7 Å². The highest BCUT2D eigenvalue weighted by Gasteiger charge is 2.19. The second-order valence-corrected chi connectivity index (χ2v) is 5.51. The average Bonchev–Trinajstić information content (AvgIpc) is 2.70. The van der Waals surface area contributed by atoms with Gasteiger partial charge in [-0.2, -0.15) is 5.26 Å². The SMILES string of the molecule is CC(=O)N1CCc2nc3ccc(C#N)cc3c(C)c2CC1. The summed E-state index contributed by atoms with van der Waals surface area (Å²) in [7, 11) is 0. The number of hydrogen-bond acceptors (Lipinski definition) is 3. The molecule has 0 N–H and O–H groups in total. The Bertz CT molecular complexity index is 774. The molecule has 1 aliphatic rings. The molecule has 0 unspecified atom stereocenters. The predicted molar refractivity (Wildman–Crippen MR) is 80.9 cm³/mol. The molecule has 0 aliphatic carbocycles. The molecule has 4 nitrogen and oxygen atoms in total. The van der Waals surface area contributed by atoms with Crippen LogP contribution in [0.25, 0.3) is 10.9 Å². The van der Waals surface area contributed by atoms with Gasteiger partial charge in [0.25, 0.3) is 0 Å². The molecule has 0 fully saturated rings. The quantitative estimate of drug-likeness (QED) is 0.744. The van der Waals surface area contributed by atoms with Crippen molar-refractivity contribution in [2.24, 2.45) is 0 Å². The second-order valence-electron chi connectivity index (χ2n) is 5.51. The third kappa shape index (κ3) is 2.36. The molecule has 0 spiro atoms. The molecule has 0 bridgehead atoms. The fourth-order valence-corrected chi connectivity index (χ4v) is 3.05. The van der Waals surface area contributed by atoms with Gasteiger partial charge in [0.05, 0.1) is 17.1 Å². The third-order valence-corrected chi connectivity index (χ3v) is 4.28. The lowest BCUT2D eigenvalue weighted by atomic mass is 9.97. The highest BCUT2D eigenvalue weighted by molar-refractivity contribution is 5.85. The predicted octanol–water partition coefficient (Wildman–Crippen LogP) is 2.36. The number of nitriles is 1. The van der Waals surface area contributed by atoms with Crippen LogP contribution in [-0.4, -0.2) is 28.9 Å². The van der Waals surface area contributed by atoms with Crippen molar-refractivity contribution in [3.05, 3.63) is 40.6 Å². The highest BCUT2D eigenvalue weighted by Crippen LogP contribution is 2.26. The van der Waals surface area contributed by atoms with Crippen LogP contribution in [0.5, 0.6) is 0 Å². The van der Waals surface area contributed by atoms with Gasteiger partial charge in [0.1, 0.15) is 0 Å². The smallest absolute Gasteiger partial charge is 0.219 e. The zero-order chi connectivity index (χ0) is 15.0. The van der Waals surface area contributed by atoms with Gasteiger partial charge in [0, 0.05) is 37.5 Å².